The van der Waals surface area contributed by atoms with Crippen molar-refractivity contribution in [2.24, 2.45) is 5.92 Å². The van der Waals surface area contributed by atoms with Crippen molar-refractivity contribution in [3.05, 3.63) is 53.8 Å². The Bertz CT molecular complexity index is 904. The van der Waals surface area contributed by atoms with Gasteiger partial charge in [-0.05, 0) is 72.8 Å². The van der Waals surface area contributed by atoms with Gasteiger partial charge in [-0.1, -0.05) is 30.3 Å². The average molecular weight is 478 g/mol. The van der Waals surface area contributed by atoms with E-state index in [4.69, 9.17) is 4.74 Å². The van der Waals surface area contributed by atoms with Crippen LogP contribution in [0.15, 0.2) is 42.5 Å². The highest BCUT2D eigenvalue weighted by molar-refractivity contribution is 5.64. The molecule has 33 heavy (non-hydrogen) atoms. The Balaban J connectivity index is 1.66. The summed E-state index contributed by atoms with van der Waals surface area (Å²) in [7, 11) is 1.70. The summed E-state index contributed by atoms with van der Waals surface area (Å²) in [5, 5.41) is 0. The largest absolute Gasteiger partial charge is 0.439 e. The smallest absolute Gasteiger partial charge is 0.427 e. The average Bonchev–Trinajstić information content (AvgIpc) is 2.78. The van der Waals surface area contributed by atoms with Crippen LogP contribution in [0.4, 0.5) is 30.7 Å². The van der Waals surface area contributed by atoms with Crippen LogP contribution in [0.2, 0.25) is 0 Å². The maximum absolute atomic E-state index is 14.3. The third kappa shape index (κ3) is 6.40. The van der Waals surface area contributed by atoms with E-state index in [0.717, 1.165) is 56.4 Å². The van der Waals surface area contributed by atoms with E-state index in [1.807, 2.05) is 12.1 Å². The van der Waals surface area contributed by atoms with Crippen molar-refractivity contribution >= 4 is 0 Å². The fourth-order valence-corrected chi connectivity index (χ4v) is 4.17. The van der Waals surface area contributed by atoms with Crippen molar-refractivity contribution in [2.45, 2.75) is 56.5 Å². The summed E-state index contributed by atoms with van der Waals surface area (Å²) in [4.78, 5) is 0. The van der Waals surface area contributed by atoms with Crippen molar-refractivity contribution in [1.82, 2.24) is 0 Å². The van der Waals surface area contributed by atoms with Crippen LogP contribution in [0.25, 0.3) is 11.1 Å². The fourth-order valence-electron chi connectivity index (χ4n) is 4.17. The van der Waals surface area contributed by atoms with Gasteiger partial charge in [-0.3, -0.25) is 0 Å². The zero-order valence-electron chi connectivity index (χ0n) is 18.0. The van der Waals surface area contributed by atoms with Crippen molar-refractivity contribution in [3.8, 4) is 16.9 Å². The van der Waals surface area contributed by atoms with Crippen molar-refractivity contribution in [1.29, 1.82) is 0 Å². The Labute approximate surface area is 187 Å². The number of halogens is 7. The van der Waals surface area contributed by atoms with Crippen LogP contribution in [-0.4, -0.2) is 32.2 Å². The molecule has 182 valence electrons. The molecule has 1 aliphatic carbocycles. The van der Waals surface area contributed by atoms with Gasteiger partial charge in [0.1, 0.15) is 0 Å². The molecule has 2 aromatic rings. The van der Waals surface area contributed by atoms with Gasteiger partial charge in [0, 0.05) is 13.7 Å². The number of alkyl halides is 6. The van der Waals surface area contributed by atoms with Crippen LogP contribution in [0.5, 0.6) is 5.75 Å². The minimum absolute atomic E-state index is 0.325. The number of benzene rings is 2. The first-order chi connectivity index (χ1) is 15.5. The normalized spacial score (nSPS) is 20.5. The van der Waals surface area contributed by atoms with Gasteiger partial charge in [-0.25, -0.2) is 8.78 Å². The molecule has 1 saturated carbocycles. The minimum Gasteiger partial charge on any atom is -0.427 e. The highest BCUT2D eigenvalue weighted by Crippen LogP contribution is 2.39. The first kappa shape index (κ1) is 25.3. The lowest BCUT2D eigenvalue weighted by molar-refractivity contribution is -0.305. The van der Waals surface area contributed by atoms with Crippen molar-refractivity contribution < 1.29 is 40.2 Å². The van der Waals surface area contributed by atoms with E-state index in [-0.39, 0.29) is 0 Å². The molecule has 0 heterocycles. The lowest BCUT2D eigenvalue weighted by Crippen LogP contribution is -2.45. The summed E-state index contributed by atoms with van der Waals surface area (Å²) in [5.74, 6) is -1.40. The van der Waals surface area contributed by atoms with Crippen LogP contribution in [-0.2, 0) is 4.74 Å². The number of ether oxygens (including phenoxy) is 2. The topological polar surface area (TPSA) is 18.5 Å². The Kier molecular flexibility index (Phi) is 7.92. The van der Waals surface area contributed by atoms with E-state index < -0.39 is 30.0 Å². The lowest BCUT2D eigenvalue weighted by Gasteiger charge is -2.28. The molecule has 0 N–H and O–H groups in total. The summed E-state index contributed by atoms with van der Waals surface area (Å²) in [5.41, 5.74) is 2.08. The van der Waals surface area contributed by atoms with Crippen LogP contribution >= 0.6 is 0 Å². The quantitative estimate of drug-likeness (QED) is 0.363. The predicted molar refractivity (Wildman–Crippen MR) is 110 cm³/mol. The second-order valence-corrected chi connectivity index (χ2v) is 8.33. The van der Waals surface area contributed by atoms with Gasteiger partial charge < -0.3 is 9.47 Å². The predicted octanol–water partition coefficient (Wildman–Crippen LogP) is 7.68. The number of rotatable bonds is 8. The van der Waals surface area contributed by atoms with Crippen LogP contribution in [0.1, 0.15) is 43.6 Å². The summed E-state index contributed by atoms with van der Waals surface area (Å²) >= 11 is 0. The molecule has 9 heteroatoms. The Morgan fingerprint density at radius 2 is 1.52 bits per heavy atom. The van der Waals surface area contributed by atoms with Crippen molar-refractivity contribution in [3.63, 3.8) is 0 Å². The monoisotopic (exact) mass is 478 g/mol. The molecule has 2 aromatic carbocycles. The summed E-state index contributed by atoms with van der Waals surface area (Å²) in [6, 6.07) is 10.3. The summed E-state index contributed by atoms with van der Waals surface area (Å²) in [6.45, 7) is 0.763. The SMILES string of the molecule is COCCC1CCC(c2ccc(-c3ccc(OC(F)(F)C(F)C(F)(F)F)c(F)c3)cc2)CC1. The molecule has 0 saturated heterocycles. The highest BCUT2D eigenvalue weighted by atomic mass is 19.4. The van der Waals surface area contributed by atoms with Gasteiger partial charge in [-0.15, -0.1) is 0 Å². The third-order valence-electron chi connectivity index (χ3n) is 6.05. The van der Waals surface area contributed by atoms with Gasteiger partial charge in [-0.2, -0.15) is 22.0 Å². The molecule has 0 spiro atoms. The van der Waals surface area contributed by atoms with E-state index in [9.17, 15) is 30.7 Å². The first-order valence-corrected chi connectivity index (χ1v) is 10.7. The Morgan fingerprint density at radius 1 is 0.909 bits per heavy atom. The molecule has 0 aromatic heterocycles. The fraction of sp³-hybridized carbons (Fsp3) is 0.500. The van der Waals surface area contributed by atoms with Gasteiger partial charge in [0.25, 0.3) is 6.17 Å². The minimum atomic E-state index is -5.84. The van der Waals surface area contributed by atoms with E-state index in [0.29, 0.717) is 23.0 Å². The molecular weight excluding hydrogens is 453 g/mol. The zero-order valence-corrected chi connectivity index (χ0v) is 18.0. The summed E-state index contributed by atoms with van der Waals surface area (Å²) < 4.78 is 99.7. The van der Waals surface area contributed by atoms with E-state index in [1.165, 1.54) is 6.07 Å². The standard InChI is InChI=1S/C24H25F7O2/c1-32-13-12-15-2-4-16(5-3-15)17-6-8-18(9-7-17)19-10-11-21(20(25)14-19)33-24(30,31)22(26)23(27,28)29/h6-11,14-16,22H,2-5,12-13H2,1H3. The van der Waals surface area contributed by atoms with Gasteiger partial charge in [0.15, 0.2) is 11.6 Å². The Morgan fingerprint density at radius 3 is 2.06 bits per heavy atom. The second-order valence-electron chi connectivity index (χ2n) is 8.33. The molecule has 0 aliphatic heterocycles. The molecule has 1 aliphatic rings. The molecule has 0 amide bonds. The first-order valence-electron chi connectivity index (χ1n) is 10.7. The molecular formula is C24H25F7O2. The molecule has 1 fully saturated rings. The second kappa shape index (κ2) is 10.3. The van der Waals surface area contributed by atoms with Crippen LogP contribution < -0.4 is 4.74 Å². The van der Waals surface area contributed by atoms with Crippen molar-refractivity contribution in [2.75, 3.05) is 13.7 Å². The molecule has 1 atom stereocenters. The highest BCUT2D eigenvalue weighted by Gasteiger charge is 2.59. The lowest BCUT2D eigenvalue weighted by atomic mass is 9.77. The number of hydrogen-bond donors (Lipinski definition) is 0. The number of hydrogen-bond acceptors (Lipinski definition) is 2. The molecule has 0 radical (unpaired) electrons. The molecule has 1 unspecified atom stereocenters. The van der Waals surface area contributed by atoms with Gasteiger partial charge in [0.2, 0.25) is 0 Å². The summed E-state index contributed by atoms with van der Waals surface area (Å²) in [6.07, 6.45) is -10.2. The number of methoxy groups -OCH3 is 1. The van der Waals surface area contributed by atoms with Crippen LogP contribution in [0, 0.1) is 11.7 Å². The van der Waals surface area contributed by atoms with Crippen LogP contribution in [0.3, 0.4) is 0 Å². The maximum Gasteiger partial charge on any atom is 0.439 e. The Hall–Kier alpha value is -2.29. The van der Waals surface area contributed by atoms with Gasteiger partial charge >= 0.3 is 12.3 Å². The third-order valence-corrected chi connectivity index (χ3v) is 6.05. The van der Waals surface area contributed by atoms with Gasteiger partial charge in [0.05, 0.1) is 0 Å². The van der Waals surface area contributed by atoms with E-state index >= 15 is 0 Å². The van der Waals surface area contributed by atoms with E-state index in [1.54, 1.807) is 19.2 Å². The zero-order chi connectivity index (χ0) is 24.2. The molecule has 3 rings (SSSR count). The maximum atomic E-state index is 14.3. The molecule has 0 bridgehead atoms. The van der Waals surface area contributed by atoms with E-state index in [2.05, 4.69) is 4.74 Å². The molecule has 2 nitrogen and oxygen atoms in total.